The predicted octanol–water partition coefficient (Wildman–Crippen LogP) is 4.63. The van der Waals surface area contributed by atoms with Crippen molar-refractivity contribution in [3.8, 4) is 0 Å². The van der Waals surface area contributed by atoms with Crippen LogP contribution < -0.4 is 5.32 Å². The first-order valence-electron chi connectivity index (χ1n) is 7.48. The molecule has 114 valence electrons. The molecule has 0 unspecified atom stereocenters. The fourth-order valence-corrected chi connectivity index (χ4v) is 3.90. The van der Waals surface area contributed by atoms with Crippen LogP contribution in [0.5, 0.6) is 0 Å². The Kier molecular flexibility index (Phi) is 5.06. The molecule has 2 aromatic carbocycles. The minimum Gasteiger partial charge on any atom is -0.349 e. The first kappa shape index (κ1) is 15.4. The van der Waals surface area contributed by atoms with E-state index in [9.17, 15) is 4.79 Å². The Labute approximate surface area is 140 Å². The number of aryl methyl sites for hydroxylation is 1. The molecule has 2 aromatic rings. The fourth-order valence-electron chi connectivity index (χ4n) is 2.84. The van der Waals surface area contributed by atoms with Gasteiger partial charge in [0.2, 0.25) is 5.91 Å². The average molecular weight is 332 g/mol. The van der Waals surface area contributed by atoms with Crippen LogP contribution in [0.15, 0.2) is 53.4 Å². The van der Waals surface area contributed by atoms with Gasteiger partial charge in [0.15, 0.2) is 0 Å². The quantitative estimate of drug-likeness (QED) is 0.828. The minimum absolute atomic E-state index is 0.0617. The highest BCUT2D eigenvalue weighted by molar-refractivity contribution is 8.00. The molecule has 22 heavy (non-hydrogen) atoms. The molecule has 0 aromatic heterocycles. The van der Waals surface area contributed by atoms with Crippen LogP contribution in [-0.4, -0.2) is 11.7 Å². The van der Waals surface area contributed by atoms with Crippen LogP contribution in [0, 0.1) is 0 Å². The molecule has 0 fully saturated rings. The Balaban J connectivity index is 1.60. The Bertz CT molecular complexity index is 674. The lowest BCUT2D eigenvalue weighted by Gasteiger charge is -2.26. The van der Waals surface area contributed by atoms with E-state index in [1.54, 1.807) is 0 Å². The van der Waals surface area contributed by atoms with Gasteiger partial charge >= 0.3 is 0 Å². The number of halogens is 1. The number of rotatable bonds is 4. The van der Waals surface area contributed by atoms with Crippen molar-refractivity contribution in [1.29, 1.82) is 0 Å². The molecule has 0 aliphatic heterocycles. The number of hydrogen-bond acceptors (Lipinski definition) is 2. The van der Waals surface area contributed by atoms with Gasteiger partial charge in [-0.1, -0.05) is 48.0 Å². The SMILES string of the molecule is O=C(CSc1ccccc1Cl)N[C@H]1CCCc2ccccc21. The van der Waals surface area contributed by atoms with E-state index in [0.717, 1.165) is 24.2 Å². The normalized spacial score (nSPS) is 16.9. The molecule has 2 nitrogen and oxygen atoms in total. The van der Waals surface area contributed by atoms with Crippen molar-refractivity contribution in [3.05, 3.63) is 64.7 Å². The van der Waals surface area contributed by atoms with E-state index < -0.39 is 0 Å². The minimum atomic E-state index is 0.0617. The van der Waals surface area contributed by atoms with E-state index >= 15 is 0 Å². The molecule has 0 saturated heterocycles. The summed E-state index contributed by atoms with van der Waals surface area (Å²) in [7, 11) is 0. The summed E-state index contributed by atoms with van der Waals surface area (Å²) in [6.45, 7) is 0. The van der Waals surface area contributed by atoms with E-state index in [1.165, 1.54) is 22.9 Å². The third kappa shape index (κ3) is 3.65. The summed E-state index contributed by atoms with van der Waals surface area (Å²) < 4.78 is 0. The molecule has 1 atom stereocenters. The fraction of sp³-hybridized carbons (Fsp3) is 0.278. The zero-order valence-electron chi connectivity index (χ0n) is 12.2. The Morgan fingerprint density at radius 2 is 1.95 bits per heavy atom. The highest BCUT2D eigenvalue weighted by Gasteiger charge is 2.21. The summed E-state index contributed by atoms with van der Waals surface area (Å²) in [6.07, 6.45) is 3.25. The smallest absolute Gasteiger partial charge is 0.230 e. The molecule has 1 N–H and O–H groups in total. The molecule has 0 spiro atoms. The molecule has 1 amide bonds. The first-order valence-corrected chi connectivity index (χ1v) is 8.85. The third-order valence-electron chi connectivity index (χ3n) is 3.90. The second-order valence-corrected chi connectivity index (χ2v) is 6.85. The van der Waals surface area contributed by atoms with Crippen molar-refractivity contribution < 1.29 is 4.79 Å². The predicted molar refractivity (Wildman–Crippen MR) is 92.4 cm³/mol. The molecule has 0 radical (unpaired) electrons. The van der Waals surface area contributed by atoms with Crippen LogP contribution in [-0.2, 0) is 11.2 Å². The summed E-state index contributed by atoms with van der Waals surface area (Å²) in [5.74, 6) is 0.453. The molecular weight excluding hydrogens is 314 g/mol. The lowest BCUT2D eigenvalue weighted by Crippen LogP contribution is -2.32. The molecular formula is C18H18ClNOS. The van der Waals surface area contributed by atoms with Crippen molar-refractivity contribution in [2.24, 2.45) is 0 Å². The van der Waals surface area contributed by atoms with Crippen molar-refractivity contribution >= 4 is 29.3 Å². The maximum atomic E-state index is 12.2. The van der Waals surface area contributed by atoms with Gasteiger partial charge in [0.05, 0.1) is 16.8 Å². The van der Waals surface area contributed by atoms with Crippen molar-refractivity contribution in [2.45, 2.75) is 30.2 Å². The second kappa shape index (κ2) is 7.21. The Hall–Kier alpha value is -1.45. The van der Waals surface area contributed by atoms with E-state index in [2.05, 4.69) is 23.5 Å². The van der Waals surface area contributed by atoms with Gasteiger partial charge < -0.3 is 5.32 Å². The molecule has 1 aliphatic rings. The van der Waals surface area contributed by atoms with Crippen LogP contribution in [0.25, 0.3) is 0 Å². The number of nitrogens with one attached hydrogen (secondary N) is 1. The van der Waals surface area contributed by atoms with Gasteiger partial charge in [-0.05, 0) is 42.5 Å². The zero-order valence-corrected chi connectivity index (χ0v) is 13.8. The third-order valence-corrected chi connectivity index (χ3v) is 5.42. The van der Waals surface area contributed by atoms with Gasteiger partial charge in [0, 0.05) is 4.90 Å². The summed E-state index contributed by atoms with van der Waals surface area (Å²) in [5.41, 5.74) is 2.63. The number of hydrogen-bond donors (Lipinski definition) is 1. The molecule has 0 bridgehead atoms. The summed E-state index contributed by atoms with van der Waals surface area (Å²) >= 11 is 7.60. The first-order chi connectivity index (χ1) is 10.7. The molecule has 0 heterocycles. The van der Waals surface area contributed by atoms with Gasteiger partial charge in [-0.3, -0.25) is 4.79 Å². The lowest BCUT2D eigenvalue weighted by molar-refractivity contribution is -0.119. The molecule has 0 saturated carbocycles. The van der Waals surface area contributed by atoms with Crippen molar-refractivity contribution in [2.75, 3.05) is 5.75 Å². The molecule has 3 rings (SSSR count). The average Bonchev–Trinajstić information content (AvgIpc) is 2.54. The number of benzene rings is 2. The van der Waals surface area contributed by atoms with E-state index in [4.69, 9.17) is 11.6 Å². The van der Waals surface area contributed by atoms with E-state index in [-0.39, 0.29) is 11.9 Å². The van der Waals surface area contributed by atoms with Gasteiger partial charge in [-0.25, -0.2) is 0 Å². The van der Waals surface area contributed by atoms with Crippen LogP contribution in [0.4, 0.5) is 0 Å². The molecule has 1 aliphatic carbocycles. The van der Waals surface area contributed by atoms with Gasteiger partial charge in [0.1, 0.15) is 0 Å². The largest absolute Gasteiger partial charge is 0.349 e. The topological polar surface area (TPSA) is 29.1 Å². The number of carbonyl (C=O) groups excluding carboxylic acids is 1. The van der Waals surface area contributed by atoms with E-state index in [0.29, 0.717) is 10.8 Å². The summed E-state index contributed by atoms with van der Waals surface area (Å²) in [4.78, 5) is 13.2. The maximum Gasteiger partial charge on any atom is 0.230 e. The zero-order chi connectivity index (χ0) is 15.4. The Morgan fingerprint density at radius 3 is 2.82 bits per heavy atom. The number of thioether (sulfide) groups is 1. The van der Waals surface area contributed by atoms with Crippen LogP contribution in [0.3, 0.4) is 0 Å². The van der Waals surface area contributed by atoms with Crippen LogP contribution in [0.1, 0.15) is 30.0 Å². The number of carbonyl (C=O) groups is 1. The van der Waals surface area contributed by atoms with Gasteiger partial charge in [0.25, 0.3) is 0 Å². The summed E-state index contributed by atoms with van der Waals surface area (Å²) in [5, 5.41) is 3.86. The highest BCUT2D eigenvalue weighted by atomic mass is 35.5. The van der Waals surface area contributed by atoms with E-state index in [1.807, 2.05) is 30.3 Å². The van der Waals surface area contributed by atoms with Crippen LogP contribution in [0.2, 0.25) is 5.02 Å². The maximum absolute atomic E-state index is 12.2. The van der Waals surface area contributed by atoms with Crippen molar-refractivity contribution in [3.63, 3.8) is 0 Å². The highest BCUT2D eigenvalue weighted by Crippen LogP contribution is 2.30. The molecule has 4 heteroatoms. The summed E-state index contributed by atoms with van der Waals surface area (Å²) in [6, 6.07) is 16.2. The Morgan fingerprint density at radius 1 is 1.18 bits per heavy atom. The van der Waals surface area contributed by atoms with Crippen molar-refractivity contribution in [1.82, 2.24) is 5.32 Å². The number of fused-ring (bicyclic) bond motifs is 1. The standard InChI is InChI=1S/C18H18ClNOS/c19-15-9-3-4-11-17(15)22-12-18(21)20-16-10-5-7-13-6-1-2-8-14(13)16/h1-4,6,8-9,11,16H,5,7,10,12H2,(H,20,21)/t16-/m0/s1. The lowest BCUT2D eigenvalue weighted by atomic mass is 9.88. The number of amides is 1. The van der Waals surface area contributed by atoms with Crippen LogP contribution >= 0.6 is 23.4 Å². The second-order valence-electron chi connectivity index (χ2n) is 5.43. The van der Waals surface area contributed by atoms with Gasteiger partial charge in [-0.2, -0.15) is 0 Å². The monoisotopic (exact) mass is 331 g/mol. The van der Waals surface area contributed by atoms with Gasteiger partial charge in [-0.15, -0.1) is 11.8 Å².